The van der Waals surface area contributed by atoms with Crippen LogP contribution in [0.2, 0.25) is 0 Å². The highest BCUT2D eigenvalue weighted by Gasteiger charge is 2.38. The zero-order valence-corrected chi connectivity index (χ0v) is 14.3. The van der Waals surface area contributed by atoms with Gasteiger partial charge in [-0.05, 0) is 25.0 Å². The van der Waals surface area contributed by atoms with E-state index in [9.17, 15) is 22.4 Å². The van der Waals surface area contributed by atoms with Gasteiger partial charge in [-0.25, -0.2) is 9.18 Å². The minimum atomic E-state index is -5.08. The third kappa shape index (κ3) is 5.31. The number of halogens is 4. The molecule has 3 rings (SSSR count). The van der Waals surface area contributed by atoms with Crippen LogP contribution >= 0.6 is 0 Å². The van der Waals surface area contributed by atoms with Gasteiger partial charge in [0.1, 0.15) is 11.6 Å². The predicted molar refractivity (Wildman–Crippen MR) is 86.5 cm³/mol. The normalized spacial score (nSPS) is 20.9. The molecule has 2 aliphatic rings. The molecule has 10 heteroatoms. The number of aliphatic carboxylic acids is 1. The molecular formula is C17H20F4N2O4. The summed E-state index contributed by atoms with van der Waals surface area (Å²) in [5.41, 5.74) is 7.33. The summed E-state index contributed by atoms with van der Waals surface area (Å²) in [7, 11) is 0. The maximum atomic E-state index is 13.9. The Bertz CT molecular complexity index is 709. The van der Waals surface area contributed by atoms with E-state index in [2.05, 4.69) is 5.32 Å². The van der Waals surface area contributed by atoms with Crippen LogP contribution in [-0.2, 0) is 22.6 Å². The number of rotatable bonds is 3. The summed E-state index contributed by atoms with van der Waals surface area (Å²) in [6.07, 6.45) is -1.68. The van der Waals surface area contributed by atoms with Crippen LogP contribution in [0.25, 0.3) is 0 Å². The maximum Gasteiger partial charge on any atom is 0.490 e. The van der Waals surface area contributed by atoms with Crippen molar-refractivity contribution in [3.8, 4) is 5.75 Å². The SMILES string of the molecule is N[C@@H]1CCC[C@H]1C(=O)NCc1c(F)ccc2c1CCO2.O=C(O)C(F)(F)F. The van der Waals surface area contributed by atoms with Crippen molar-refractivity contribution in [3.05, 3.63) is 29.1 Å². The lowest BCUT2D eigenvalue weighted by atomic mass is 10.0. The number of amides is 1. The molecule has 4 N–H and O–H groups in total. The highest BCUT2D eigenvalue weighted by Crippen LogP contribution is 2.30. The smallest absolute Gasteiger partial charge is 0.490 e. The molecule has 0 spiro atoms. The van der Waals surface area contributed by atoms with Crippen molar-refractivity contribution in [2.45, 2.75) is 44.4 Å². The van der Waals surface area contributed by atoms with E-state index in [1.165, 1.54) is 6.07 Å². The molecule has 1 fully saturated rings. The Hall–Kier alpha value is -2.36. The molecule has 0 radical (unpaired) electrons. The van der Waals surface area contributed by atoms with E-state index < -0.39 is 12.1 Å². The van der Waals surface area contributed by atoms with Crippen LogP contribution in [0, 0.1) is 11.7 Å². The van der Waals surface area contributed by atoms with E-state index in [0.717, 1.165) is 30.6 Å². The number of hydrogen-bond donors (Lipinski definition) is 3. The van der Waals surface area contributed by atoms with Crippen LogP contribution in [0.4, 0.5) is 17.6 Å². The van der Waals surface area contributed by atoms with Crippen LogP contribution in [-0.4, -0.2) is 35.8 Å². The molecule has 1 amide bonds. The molecule has 1 aliphatic heterocycles. The lowest BCUT2D eigenvalue weighted by Crippen LogP contribution is -2.38. The molecule has 1 aromatic carbocycles. The number of ether oxygens (including phenoxy) is 1. The van der Waals surface area contributed by atoms with Gasteiger partial charge in [0.05, 0.1) is 12.5 Å². The predicted octanol–water partition coefficient (Wildman–Crippen LogP) is 2.14. The highest BCUT2D eigenvalue weighted by molar-refractivity contribution is 5.79. The van der Waals surface area contributed by atoms with Gasteiger partial charge in [-0.15, -0.1) is 0 Å². The van der Waals surface area contributed by atoms with Gasteiger partial charge in [0.15, 0.2) is 0 Å². The van der Waals surface area contributed by atoms with Crippen molar-refractivity contribution in [2.75, 3.05) is 6.61 Å². The fraction of sp³-hybridized carbons (Fsp3) is 0.529. The van der Waals surface area contributed by atoms with E-state index in [0.29, 0.717) is 18.6 Å². The van der Waals surface area contributed by atoms with Crippen molar-refractivity contribution in [1.82, 2.24) is 5.32 Å². The van der Waals surface area contributed by atoms with Crippen molar-refractivity contribution in [1.29, 1.82) is 0 Å². The number of benzene rings is 1. The average molecular weight is 392 g/mol. The summed E-state index contributed by atoms with van der Waals surface area (Å²) in [6, 6.07) is 2.98. The number of alkyl halides is 3. The van der Waals surface area contributed by atoms with Gasteiger partial charge in [0.2, 0.25) is 5.91 Å². The second kappa shape index (κ2) is 8.55. The first-order chi connectivity index (χ1) is 12.6. The van der Waals surface area contributed by atoms with E-state index in [-0.39, 0.29) is 30.2 Å². The third-order valence-corrected chi connectivity index (χ3v) is 4.53. The summed E-state index contributed by atoms with van der Waals surface area (Å²) in [5, 5.41) is 9.95. The molecule has 0 saturated heterocycles. The quantitative estimate of drug-likeness (QED) is 0.684. The van der Waals surface area contributed by atoms with E-state index in [4.69, 9.17) is 20.4 Å². The Balaban J connectivity index is 0.000000321. The Morgan fingerprint density at radius 3 is 2.52 bits per heavy atom. The fourth-order valence-corrected chi connectivity index (χ4v) is 3.13. The molecule has 1 heterocycles. The zero-order valence-electron chi connectivity index (χ0n) is 14.3. The first kappa shape index (κ1) is 20.9. The number of hydrogen-bond acceptors (Lipinski definition) is 4. The molecule has 150 valence electrons. The molecule has 1 aromatic rings. The van der Waals surface area contributed by atoms with E-state index >= 15 is 0 Å². The van der Waals surface area contributed by atoms with Crippen LogP contribution < -0.4 is 15.8 Å². The summed E-state index contributed by atoms with van der Waals surface area (Å²) >= 11 is 0. The molecule has 1 saturated carbocycles. The summed E-state index contributed by atoms with van der Waals surface area (Å²) in [5.74, 6) is -2.51. The number of nitrogens with one attached hydrogen (secondary N) is 1. The van der Waals surface area contributed by atoms with Gasteiger partial charge >= 0.3 is 12.1 Å². The number of carboxylic acid groups (broad SMARTS) is 1. The fourth-order valence-electron chi connectivity index (χ4n) is 3.13. The van der Waals surface area contributed by atoms with Crippen LogP contribution in [0.15, 0.2) is 12.1 Å². The topological polar surface area (TPSA) is 102 Å². The summed E-state index contributed by atoms with van der Waals surface area (Å²) in [6.45, 7) is 0.785. The molecular weight excluding hydrogens is 372 g/mol. The first-order valence-electron chi connectivity index (χ1n) is 8.37. The minimum absolute atomic E-state index is 0.0640. The van der Waals surface area contributed by atoms with Crippen LogP contribution in [0.1, 0.15) is 30.4 Å². The second-order valence-electron chi connectivity index (χ2n) is 6.32. The Labute approximate surface area is 152 Å². The lowest BCUT2D eigenvalue weighted by molar-refractivity contribution is -0.192. The van der Waals surface area contributed by atoms with Crippen molar-refractivity contribution in [2.24, 2.45) is 11.7 Å². The van der Waals surface area contributed by atoms with Gasteiger partial charge in [-0.1, -0.05) is 6.42 Å². The number of carbonyl (C=O) groups is 2. The Kier molecular flexibility index (Phi) is 6.63. The minimum Gasteiger partial charge on any atom is -0.493 e. The van der Waals surface area contributed by atoms with Crippen molar-refractivity contribution in [3.63, 3.8) is 0 Å². The number of carbonyl (C=O) groups excluding carboxylic acids is 1. The first-order valence-corrected chi connectivity index (χ1v) is 8.37. The standard InChI is InChI=1S/C15H19FN2O2.C2HF3O2/c16-12-4-5-14-9(6-7-20-14)11(12)8-18-15(19)10-2-1-3-13(10)17;3-2(4,5)1(6)7/h4-5,10,13H,1-3,6-8,17H2,(H,18,19);(H,6,7)/t10-,13-;/m1./s1. The summed E-state index contributed by atoms with van der Waals surface area (Å²) < 4.78 is 51.1. The molecule has 1 aliphatic carbocycles. The molecule has 0 unspecified atom stereocenters. The summed E-state index contributed by atoms with van der Waals surface area (Å²) in [4.78, 5) is 21.0. The second-order valence-corrected chi connectivity index (χ2v) is 6.32. The monoisotopic (exact) mass is 392 g/mol. The average Bonchev–Trinajstić information content (AvgIpc) is 3.22. The van der Waals surface area contributed by atoms with E-state index in [1.807, 2.05) is 0 Å². The molecule has 0 aromatic heterocycles. The highest BCUT2D eigenvalue weighted by atomic mass is 19.4. The van der Waals surface area contributed by atoms with Gasteiger partial charge in [0, 0.05) is 30.1 Å². The number of carboxylic acids is 1. The van der Waals surface area contributed by atoms with Gasteiger partial charge in [-0.3, -0.25) is 4.79 Å². The van der Waals surface area contributed by atoms with Gasteiger partial charge < -0.3 is 20.9 Å². The van der Waals surface area contributed by atoms with Crippen molar-refractivity contribution < 1.29 is 37.0 Å². The molecule has 2 atom stereocenters. The molecule has 27 heavy (non-hydrogen) atoms. The third-order valence-electron chi connectivity index (χ3n) is 4.53. The molecule has 0 bridgehead atoms. The Morgan fingerprint density at radius 2 is 1.96 bits per heavy atom. The largest absolute Gasteiger partial charge is 0.493 e. The zero-order chi connectivity index (χ0) is 20.2. The van der Waals surface area contributed by atoms with Crippen LogP contribution in [0.5, 0.6) is 5.75 Å². The number of fused-ring (bicyclic) bond motifs is 1. The van der Waals surface area contributed by atoms with Crippen molar-refractivity contribution >= 4 is 11.9 Å². The maximum absolute atomic E-state index is 13.9. The lowest BCUT2D eigenvalue weighted by Gasteiger charge is -2.16. The Morgan fingerprint density at radius 1 is 1.30 bits per heavy atom. The van der Waals surface area contributed by atoms with E-state index in [1.54, 1.807) is 6.07 Å². The van der Waals surface area contributed by atoms with Gasteiger partial charge in [0.25, 0.3) is 0 Å². The van der Waals surface area contributed by atoms with Crippen LogP contribution in [0.3, 0.4) is 0 Å². The van der Waals surface area contributed by atoms with Gasteiger partial charge in [-0.2, -0.15) is 13.2 Å². The molecule has 6 nitrogen and oxygen atoms in total. The number of nitrogens with two attached hydrogens (primary N) is 1.